The zero-order chi connectivity index (χ0) is 8.39. The first-order chi connectivity index (χ1) is 5.90. The summed E-state index contributed by atoms with van der Waals surface area (Å²) < 4.78 is 2.02. The van der Waals surface area contributed by atoms with Crippen LogP contribution in [0.3, 0.4) is 0 Å². The van der Waals surface area contributed by atoms with Crippen LogP contribution in [-0.4, -0.2) is 19.5 Å². The summed E-state index contributed by atoms with van der Waals surface area (Å²) in [5.74, 6) is 0.724. The molecule has 0 saturated carbocycles. The maximum atomic E-state index is 4.15. The second-order valence-corrected chi connectivity index (χ2v) is 2.69. The molecule has 4 heteroatoms. The van der Waals surface area contributed by atoms with E-state index in [9.17, 15) is 0 Å². The fourth-order valence-electron chi connectivity index (χ4n) is 1.16. The highest BCUT2D eigenvalue weighted by Gasteiger charge is 2.05. The van der Waals surface area contributed by atoms with E-state index in [4.69, 9.17) is 0 Å². The molecule has 0 atom stereocenters. The van der Waals surface area contributed by atoms with E-state index in [1.54, 1.807) is 6.33 Å². The third-order valence-corrected chi connectivity index (χ3v) is 1.70. The fraction of sp³-hybridized carbons (Fsp3) is 0.375. The van der Waals surface area contributed by atoms with Gasteiger partial charge in [-0.1, -0.05) is 6.92 Å². The molecule has 0 aromatic carbocycles. The van der Waals surface area contributed by atoms with Crippen LogP contribution in [0.5, 0.6) is 0 Å². The maximum absolute atomic E-state index is 4.15. The Balaban J connectivity index is 2.40. The molecule has 0 spiro atoms. The van der Waals surface area contributed by atoms with Gasteiger partial charge in [0.25, 0.3) is 0 Å². The van der Waals surface area contributed by atoms with Crippen LogP contribution in [0.2, 0.25) is 0 Å². The Hall–Kier alpha value is -1.45. The number of hydrogen-bond acceptors (Lipinski definition) is 3. The van der Waals surface area contributed by atoms with Gasteiger partial charge in [0.2, 0.25) is 0 Å². The normalized spacial score (nSPS) is 10.8. The molecule has 0 unspecified atom stereocenters. The van der Waals surface area contributed by atoms with Crippen LogP contribution >= 0.6 is 0 Å². The van der Waals surface area contributed by atoms with Crippen molar-refractivity contribution < 1.29 is 0 Å². The van der Waals surface area contributed by atoms with E-state index in [0.29, 0.717) is 0 Å². The maximum Gasteiger partial charge on any atom is 0.182 e. The topological polar surface area (TPSA) is 43.6 Å². The van der Waals surface area contributed by atoms with Gasteiger partial charge in [-0.2, -0.15) is 0 Å². The van der Waals surface area contributed by atoms with E-state index in [1.165, 1.54) is 6.33 Å². The molecule has 2 aliphatic heterocycles. The number of fused-ring (bicyclic) bond motifs is 1. The van der Waals surface area contributed by atoms with E-state index in [0.717, 1.165) is 24.5 Å². The summed E-state index contributed by atoms with van der Waals surface area (Å²) in [6.45, 7) is 3.11. The van der Waals surface area contributed by atoms with Gasteiger partial charge in [-0.15, -0.1) is 0 Å². The van der Waals surface area contributed by atoms with Crippen LogP contribution in [0.25, 0.3) is 11.5 Å². The third kappa shape index (κ3) is 1.15. The van der Waals surface area contributed by atoms with E-state index in [1.807, 2.05) is 10.8 Å². The van der Waals surface area contributed by atoms with E-state index >= 15 is 0 Å². The minimum Gasteiger partial charge on any atom is -0.337 e. The summed E-state index contributed by atoms with van der Waals surface area (Å²) in [6, 6.07) is 0. The van der Waals surface area contributed by atoms with Crippen molar-refractivity contribution in [3.8, 4) is 11.5 Å². The lowest BCUT2D eigenvalue weighted by Gasteiger charge is -2.03. The molecule has 12 heavy (non-hydrogen) atoms. The molecule has 2 aliphatic rings. The molecular weight excluding hydrogens is 152 g/mol. The molecule has 2 rings (SSSR count). The van der Waals surface area contributed by atoms with Crippen molar-refractivity contribution in [1.29, 1.82) is 0 Å². The Bertz CT molecular complexity index is 341. The Kier molecular flexibility index (Phi) is 1.74. The summed E-state index contributed by atoms with van der Waals surface area (Å²) in [6.07, 6.45) is 6.40. The van der Waals surface area contributed by atoms with Crippen LogP contribution in [0.1, 0.15) is 13.3 Å². The average Bonchev–Trinajstić information content (AvgIpc) is 2.51. The third-order valence-electron chi connectivity index (χ3n) is 1.70. The van der Waals surface area contributed by atoms with E-state index < -0.39 is 0 Å². The number of imidazole rings is 1. The Morgan fingerprint density at radius 1 is 1.33 bits per heavy atom. The quantitative estimate of drug-likeness (QED) is 0.666. The summed E-state index contributed by atoms with van der Waals surface area (Å²) >= 11 is 0. The second-order valence-electron chi connectivity index (χ2n) is 2.69. The van der Waals surface area contributed by atoms with Crippen LogP contribution in [0, 0.1) is 0 Å². The number of aromatic nitrogens is 4. The summed E-state index contributed by atoms with van der Waals surface area (Å²) in [4.78, 5) is 12.2. The van der Waals surface area contributed by atoms with Gasteiger partial charge in [0.1, 0.15) is 12.0 Å². The van der Waals surface area contributed by atoms with Gasteiger partial charge in [-0.3, -0.25) is 0 Å². The predicted molar refractivity (Wildman–Crippen MR) is 44.7 cm³/mol. The Morgan fingerprint density at radius 3 is 3.08 bits per heavy atom. The standard InChI is InChI=1S/C8H10N4/c1-2-3-12-4-7-8(11-6-12)10-5-9-7/h4-6H,2-3H2,1H3. The lowest BCUT2D eigenvalue weighted by Crippen LogP contribution is -2.00. The lowest BCUT2D eigenvalue weighted by molar-refractivity contribution is 0.660. The van der Waals surface area contributed by atoms with Gasteiger partial charge >= 0.3 is 0 Å². The molecule has 0 bridgehead atoms. The van der Waals surface area contributed by atoms with Crippen LogP contribution < -0.4 is 0 Å². The average molecular weight is 162 g/mol. The van der Waals surface area contributed by atoms with E-state index in [2.05, 4.69) is 21.9 Å². The fourth-order valence-corrected chi connectivity index (χ4v) is 1.16. The first-order valence-corrected chi connectivity index (χ1v) is 4.02. The van der Waals surface area contributed by atoms with Crippen molar-refractivity contribution in [2.24, 2.45) is 0 Å². The molecule has 0 radical (unpaired) electrons. The van der Waals surface area contributed by atoms with Crippen molar-refractivity contribution >= 4 is 0 Å². The second kappa shape index (κ2) is 2.89. The predicted octanol–water partition coefficient (Wildman–Crippen LogP) is 1.19. The minimum absolute atomic E-state index is 0.724. The highest BCUT2D eigenvalue weighted by molar-refractivity contribution is 5.47. The molecule has 0 aromatic heterocycles. The number of hydrogen-bond donors (Lipinski definition) is 0. The Morgan fingerprint density at radius 2 is 2.25 bits per heavy atom. The smallest absolute Gasteiger partial charge is 0.182 e. The van der Waals surface area contributed by atoms with Gasteiger partial charge in [0, 0.05) is 12.7 Å². The monoisotopic (exact) mass is 162 g/mol. The van der Waals surface area contributed by atoms with Crippen molar-refractivity contribution in [1.82, 2.24) is 19.5 Å². The van der Waals surface area contributed by atoms with E-state index in [-0.39, 0.29) is 0 Å². The first-order valence-electron chi connectivity index (χ1n) is 4.02. The van der Waals surface area contributed by atoms with Crippen molar-refractivity contribution in [2.45, 2.75) is 19.9 Å². The number of aryl methyl sites for hydroxylation is 1. The Labute approximate surface area is 70.6 Å². The minimum atomic E-state index is 0.724. The highest BCUT2D eigenvalue weighted by atomic mass is 15.1. The highest BCUT2D eigenvalue weighted by Crippen LogP contribution is 2.11. The van der Waals surface area contributed by atoms with Crippen LogP contribution in [-0.2, 0) is 6.54 Å². The molecule has 0 aliphatic carbocycles. The van der Waals surface area contributed by atoms with Gasteiger partial charge in [-0.25, -0.2) is 15.0 Å². The molecule has 2 heterocycles. The number of nitrogens with zero attached hydrogens (tertiary/aromatic N) is 4. The van der Waals surface area contributed by atoms with Crippen molar-refractivity contribution in [2.75, 3.05) is 0 Å². The molecule has 0 saturated heterocycles. The van der Waals surface area contributed by atoms with Gasteiger partial charge in [0.05, 0.1) is 6.33 Å². The summed E-state index contributed by atoms with van der Waals surface area (Å²) in [7, 11) is 0. The SMILES string of the molecule is CCCn1cnc2ncnc-2c1. The molecule has 62 valence electrons. The van der Waals surface area contributed by atoms with Crippen LogP contribution in [0.15, 0.2) is 18.9 Å². The zero-order valence-electron chi connectivity index (χ0n) is 6.94. The van der Waals surface area contributed by atoms with Crippen molar-refractivity contribution in [3.05, 3.63) is 18.9 Å². The largest absolute Gasteiger partial charge is 0.337 e. The zero-order valence-corrected chi connectivity index (χ0v) is 6.94. The van der Waals surface area contributed by atoms with Crippen molar-refractivity contribution in [3.63, 3.8) is 0 Å². The summed E-state index contributed by atoms with van der Waals surface area (Å²) in [5.41, 5.74) is 0.867. The molecule has 0 fully saturated rings. The molecule has 4 nitrogen and oxygen atoms in total. The molecule has 0 amide bonds. The van der Waals surface area contributed by atoms with Gasteiger partial charge in [-0.05, 0) is 6.42 Å². The first kappa shape index (κ1) is 7.21. The molecule has 0 N–H and O–H groups in total. The lowest BCUT2D eigenvalue weighted by atomic mass is 10.4. The molecular formula is C8H10N4. The molecule has 0 aromatic rings. The summed E-state index contributed by atoms with van der Waals surface area (Å²) in [5, 5.41) is 0. The number of rotatable bonds is 2. The van der Waals surface area contributed by atoms with Gasteiger partial charge in [0.15, 0.2) is 5.82 Å². The van der Waals surface area contributed by atoms with Gasteiger partial charge < -0.3 is 4.57 Å². The van der Waals surface area contributed by atoms with Crippen LogP contribution in [0.4, 0.5) is 0 Å².